The Balaban J connectivity index is 1.42. The lowest BCUT2D eigenvalue weighted by atomic mass is 10.00. The summed E-state index contributed by atoms with van der Waals surface area (Å²) in [6, 6.07) is 22.0. The first kappa shape index (κ1) is 30.6. The van der Waals surface area contributed by atoms with Gasteiger partial charge in [0.1, 0.15) is 5.01 Å². The number of rotatable bonds is 13. The Labute approximate surface area is 248 Å². The SMILES string of the molecule is Cc1csc(CN(C)C(=O)c2cccc(C(=O)N[C@@H](Cc3ccccc3)[C@H](O)CNCc3cccc(C(=O)O)c3)c2)n1. The first-order chi connectivity index (χ1) is 20.2. The van der Waals surface area contributed by atoms with Crippen LogP contribution >= 0.6 is 11.3 Å². The van der Waals surface area contributed by atoms with Gasteiger partial charge in [0.15, 0.2) is 0 Å². The monoisotopic (exact) mass is 586 g/mol. The highest BCUT2D eigenvalue weighted by atomic mass is 32.1. The molecular formula is C32H34N4O5S. The number of aromatic carboxylic acids is 1. The predicted molar refractivity (Wildman–Crippen MR) is 162 cm³/mol. The number of carboxylic acid groups (broad SMARTS) is 1. The van der Waals surface area contributed by atoms with Crippen molar-refractivity contribution in [3.8, 4) is 0 Å². The molecule has 0 bridgehead atoms. The molecule has 0 aliphatic rings. The number of aliphatic hydroxyl groups excluding tert-OH is 1. The van der Waals surface area contributed by atoms with Gasteiger partial charge in [-0.2, -0.15) is 0 Å². The molecule has 0 spiro atoms. The van der Waals surface area contributed by atoms with Crippen LogP contribution in [0.5, 0.6) is 0 Å². The maximum absolute atomic E-state index is 13.4. The van der Waals surface area contributed by atoms with Crippen LogP contribution in [0.2, 0.25) is 0 Å². The summed E-state index contributed by atoms with van der Waals surface area (Å²) in [5, 5.41) is 29.2. The highest BCUT2D eigenvalue weighted by molar-refractivity contribution is 7.09. The third-order valence-corrected chi connectivity index (χ3v) is 7.64. The summed E-state index contributed by atoms with van der Waals surface area (Å²) >= 11 is 1.49. The van der Waals surface area contributed by atoms with Crippen LogP contribution < -0.4 is 10.6 Å². The summed E-state index contributed by atoms with van der Waals surface area (Å²) in [5.74, 6) is -1.64. The molecule has 0 aliphatic carbocycles. The van der Waals surface area contributed by atoms with E-state index in [4.69, 9.17) is 0 Å². The topological polar surface area (TPSA) is 132 Å². The van der Waals surface area contributed by atoms with E-state index in [1.165, 1.54) is 17.4 Å². The Hall–Kier alpha value is -4.38. The zero-order valence-corrected chi connectivity index (χ0v) is 24.3. The number of carboxylic acids is 1. The van der Waals surface area contributed by atoms with Gasteiger partial charge in [0.05, 0.1) is 24.3 Å². The average Bonchev–Trinajstić information content (AvgIpc) is 3.41. The van der Waals surface area contributed by atoms with Crippen molar-refractivity contribution in [2.24, 2.45) is 0 Å². The van der Waals surface area contributed by atoms with E-state index >= 15 is 0 Å². The number of aliphatic hydroxyl groups is 1. The van der Waals surface area contributed by atoms with E-state index in [2.05, 4.69) is 15.6 Å². The molecular weight excluding hydrogens is 552 g/mol. The summed E-state index contributed by atoms with van der Waals surface area (Å²) in [6.45, 7) is 2.78. The zero-order chi connectivity index (χ0) is 30.1. The number of hydrogen-bond acceptors (Lipinski definition) is 7. The molecule has 10 heteroatoms. The molecule has 2 amide bonds. The van der Waals surface area contributed by atoms with Crippen LogP contribution in [0.3, 0.4) is 0 Å². The second kappa shape index (κ2) is 14.5. The van der Waals surface area contributed by atoms with Crippen LogP contribution in [0, 0.1) is 6.92 Å². The molecule has 1 aromatic heterocycles. The summed E-state index contributed by atoms with van der Waals surface area (Å²) in [5.41, 5.74) is 3.49. The first-order valence-corrected chi connectivity index (χ1v) is 14.4. The fraction of sp³-hybridized carbons (Fsp3) is 0.250. The van der Waals surface area contributed by atoms with Crippen molar-refractivity contribution in [2.45, 2.75) is 38.6 Å². The van der Waals surface area contributed by atoms with Crippen molar-refractivity contribution in [3.05, 3.63) is 123 Å². The second-order valence-electron chi connectivity index (χ2n) is 10.1. The number of carbonyl (C=O) groups excluding carboxylic acids is 2. The smallest absolute Gasteiger partial charge is 0.335 e. The molecule has 2 atom stereocenters. The third-order valence-electron chi connectivity index (χ3n) is 6.69. The Bertz CT molecular complexity index is 1520. The number of aryl methyl sites for hydroxylation is 1. The molecule has 0 aliphatic heterocycles. The predicted octanol–water partition coefficient (Wildman–Crippen LogP) is 3.91. The first-order valence-electron chi connectivity index (χ1n) is 13.5. The number of nitrogens with one attached hydrogen (secondary N) is 2. The number of aromatic nitrogens is 1. The lowest BCUT2D eigenvalue weighted by molar-refractivity contribution is 0.0695. The average molecular weight is 587 g/mol. The van der Waals surface area contributed by atoms with Gasteiger partial charge in [0, 0.05) is 42.3 Å². The molecule has 3 aromatic carbocycles. The van der Waals surface area contributed by atoms with Gasteiger partial charge in [-0.05, 0) is 54.8 Å². The van der Waals surface area contributed by atoms with Gasteiger partial charge in [-0.1, -0.05) is 48.5 Å². The lowest BCUT2D eigenvalue weighted by Crippen LogP contribution is -2.48. The molecule has 0 radical (unpaired) electrons. The molecule has 0 saturated heterocycles. The Morgan fingerprint density at radius 1 is 0.929 bits per heavy atom. The van der Waals surface area contributed by atoms with Crippen LogP contribution in [-0.4, -0.2) is 63.6 Å². The normalized spacial score (nSPS) is 12.4. The van der Waals surface area contributed by atoms with Crippen molar-refractivity contribution in [2.75, 3.05) is 13.6 Å². The highest BCUT2D eigenvalue weighted by Gasteiger charge is 2.23. The molecule has 4 N–H and O–H groups in total. The summed E-state index contributed by atoms with van der Waals surface area (Å²) in [7, 11) is 1.70. The van der Waals surface area contributed by atoms with Gasteiger partial charge in [0.25, 0.3) is 11.8 Å². The quantitative estimate of drug-likeness (QED) is 0.187. The zero-order valence-electron chi connectivity index (χ0n) is 23.5. The van der Waals surface area contributed by atoms with Crippen molar-refractivity contribution >= 4 is 29.1 Å². The molecule has 42 heavy (non-hydrogen) atoms. The molecule has 9 nitrogen and oxygen atoms in total. The van der Waals surface area contributed by atoms with Gasteiger partial charge < -0.3 is 25.7 Å². The van der Waals surface area contributed by atoms with Crippen LogP contribution in [0.1, 0.15) is 52.9 Å². The molecule has 4 aromatic rings. The standard InChI is InChI=1S/C32H34N4O5S/c1-21-20-42-29(34-21)19-36(2)31(39)25-12-7-11-24(16-25)30(38)35-27(15-22-8-4-3-5-9-22)28(37)18-33-17-23-10-6-13-26(14-23)32(40)41/h3-14,16,20,27-28,33,37H,15,17-19H2,1-2H3,(H,35,38)(H,40,41)/t27-,28+/m0/s1. The van der Waals surface area contributed by atoms with E-state index in [9.17, 15) is 24.6 Å². The van der Waals surface area contributed by atoms with E-state index in [-0.39, 0.29) is 18.0 Å². The van der Waals surface area contributed by atoms with E-state index in [0.717, 1.165) is 21.8 Å². The molecule has 0 unspecified atom stereocenters. The Morgan fingerprint density at radius 2 is 1.62 bits per heavy atom. The highest BCUT2D eigenvalue weighted by Crippen LogP contribution is 2.15. The van der Waals surface area contributed by atoms with Gasteiger partial charge in [-0.15, -0.1) is 11.3 Å². The molecule has 1 heterocycles. The summed E-state index contributed by atoms with van der Waals surface area (Å²) < 4.78 is 0. The number of carbonyl (C=O) groups is 3. The number of amides is 2. The minimum absolute atomic E-state index is 0.161. The van der Waals surface area contributed by atoms with Crippen LogP contribution in [0.4, 0.5) is 0 Å². The van der Waals surface area contributed by atoms with Crippen LogP contribution in [0.15, 0.2) is 84.2 Å². The van der Waals surface area contributed by atoms with E-state index < -0.39 is 24.0 Å². The van der Waals surface area contributed by atoms with Crippen molar-refractivity contribution in [1.82, 2.24) is 20.5 Å². The number of nitrogens with zero attached hydrogens (tertiary/aromatic N) is 2. The van der Waals surface area contributed by atoms with E-state index in [1.807, 2.05) is 42.6 Å². The second-order valence-corrected chi connectivity index (χ2v) is 11.0. The molecule has 0 fully saturated rings. The Morgan fingerprint density at radius 3 is 2.33 bits per heavy atom. The lowest BCUT2D eigenvalue weighted by Gasteiger charge is -2.25. The third kappa shape index (κ3) is 8.56. The minimum Gasteiger partial charge on any atom is -0.478 e. The molecule has 0 saturated carbocycles. The maximum Gasteiger partial charge on any atom is 0.335 e. The van der Waals surface area contributed by atoms with Gasteiger partial charge in [-0.3, -0.25) is 9.59 Å². The molecule has 218 valence electrons. The van der Waals surface area contributed by atoms with Crippen LogP contribution in [-0.2, 0) is 19.5 Å². The number of thiazole rings is 1. The van der Waals surface area contributed by atoms with Crippen molar-refractivity contribution in [3.63, 3.8) is 0 Å². The van der Waals surface area contributed by atoms with E-state index in [0.29, 0.717) is 30.6 Å². The van der Waals surface area contributed by atoms with Gasteiger partial charge >= 0.3 is 5.97 Å². The van der Waals surface area contributed by atoms with E-state index in [1.54, 1.807) is 54.4 Å². The summed E-state index contributed by atoms with van der Waals surface area (Å²) in [4.78, 5) is 43.7. The molecule has 4 rings (SSSR count). The maximum atomic E-state index is 13.4. The Kier molecular flexibility index (Phi) is 10.6. The van der Waals surface area contributed by atoms with Gasteiger partial charge in [-0.25, -0.2) is 9.78 Å². The number of hydrogen-bond donors (Lipinski definition) is 4. The fourth-order valence-electron chi connectivity index (χ4n) is 4.49. The van der Waals surface area contributed by atoms with Crippen LogP contribution in [0.25, 0.3) is 0 Å². The van der Waals surface area contributed by atoms with Gasteiger partial charge in [0.2, 0.25) is 0 Å². The van der Waals surface area contributed by atoms with Crippen molar-refractivity contribution in [1.29, 1.82) is 0 Å². The summed E-state index contributed by atoms with van der Waals surface area (Å²) in [6.07, 6.45) is -0.562. The minimum atomic E-state index is -1.01. The van der Waals surface area contributed by atoms with Crippen molar-refractivity contribution < 1.29 is 24.6 Å². The largest absolute Gasteiger partial charge is 0.478 e. The fourth-order valence-corrected chi connectivity index (χ4v) is 5.31. The number of benzene rings is 3.